The maximum Gasteiger partial charge on any atom is 0.242 e. The number of anilines is 1. The lowest BCUT2D eigenvalue weighted by molar-refractivity contribution is 0.0963. The van der Waals surface area contributed by atoms with E-state index in [0.717, 1.165) is 6.07 Å². The van der Waals surface area contributed by atoms with E-state index in [9.17, 15) is 18.4 Å². The molecule has 0 radical (unpaired) electrons. The van der Waals surface area contributed by atoms with Gasteiger partial charge in [0.25, 0.3) is 0 Å². The maximum atomic E-state index is 14.4. The number of halogens is 3. The van der Waals surface area contributed by atoms with Gasteiger partial charge in [-0.2, -0.15) is 5.26 Å². The van der Waals surface area contributed by atoms with Crippen molar-refractivity contribution in [2.24, 2.45) is 0 Å². The van der Waals surface area contributed by atoms with E-state index in [4.69, 9.17) is 4.74 Å². The molecule has 7 nitrogen and oxygen atoms in total. The van der Waals surface area contributed by atoms with Crippen LogP contribution >= 0.6 is 0 Å². The Morgan fingerprint density at radius 2 is 2.00 bits per heavy atom. The summed E-state index contributed by atoms with van der Waals surface area (Å²) in [4.78, 5) is 8.22. The van der Waals surface area contributed by atoms with Crippen molar-refractivity contribution >= 4 is 5.95 Å². The Morgan fingerprint density at radius 1 is 1.19 bits per heavy atom. The van der Waals surface area contributed by atoms with Crippen LogP contribution in [-0.4, -0.2) is 40.0 Å². The summed E-state index contributed by atoms with van der Waals surface area (Å²) in [5, 5.41) is 20.0. The fourth-order valence-electron chi connectivity index (χ4n) is 3.80. The van der Waals surface area contributed by atoms with Gasteiger partial charge in [-0.3, -0.25) is 4.98 Å². The van der Waals surface area contributed by atoms with E-state index < -0.39 is 23.2 Å². The number of aromatic nitrogens is 4. The molecule has 1 aliphatic rings. The molecule has 0 bridgehead atoms. The van der Waals surface area contributed by atoms with Crippen LogP contribution in [-0.2, 0) is 5.41 Å². The van der Waals surface area contributed by atoms with Gasteiger partial charge in [-0.1, -0.05) is 0 Å². The molecule has 0 saturated heterocycles. The van der Waals surface area contributed by atoms with E-state index in [1.165, 1.54) is 37.7 Å². The smallest absolute Gasteiger partial charge is 0.242 e. The zero-order valence-electron chi connectivity index (χ0n) is 16.4. The fourth-order valence-corrected chi connectivity index (χ4v) is 3.80. The Bertz CT molecular complexity index is 1140. The molecule has 1 fully saturated rings. The van der Waals surface area contributed by atoms with Gasteiger partial charge in [0, 0.05) is 18.2 Å². The minimum atomic E-state index is -1.03. The zero-order valence-corrected chi connectivity index (χ0v) is 16.4. The number of pyridine rings is 1. The number of nitriles is 1. The van der Waals surface area contributed by atoms with Crippen LogP contribution in [0.3, 0.4) is 0 Å². The summed E-state index contributed by atoms with van der Waals surface area (Å²) in [6.07, 6.45) is 1.97. The molecule has 2 aromatic heterocycles. The first kappa shape index (κ1) is 20.5. The molecule has 1 saturated carbocycles. The summed E-state index contributed by atoms with van der Waals surface area (Å²) in [7, 11) is 1.32. The van der Waals surface area contributed by atoms with Crippen LogP contribution in [0.4, 0.5) is 19.1 Å². The first-order valence-corrected chi connectivity index (χ1v) is 9.43. The monoisotopic (exact) mass is 426 g/mol. The molecule has 1 aliphatic carbocycles. The van der Waals surface area contributed by atoms with Crippen molar-refractivity contribution in [2.75, 3.05) is 19.0 Å². The number of hydrogen-bond acceptors (Lipinski definition) is 7. The summed E-state index contributed by atoms with van der Waals surface area (Å²) in [5.41, 5.74) is -0.424. The van der Waals surface area contributed by atoms with Crippen molar-refractivity contribution in [3.63, 3.8) is 0 Å². The van der Waals surface area contributed by atoms with Crippen LogP contribution < -0.4 is 10.1 Å². The minimum absolute atomic E-state index is 0.0283. The Kier molecular flexibility index (Phi) is 5.42. The summed E-state index contributed by atoms with van der Waals surface area (Å²) in [6, 6.07) is 7.14. The highest BCUT2D eigenvalue weighted by molar-refractivity contribution is 5.71. The third-order valence-corrected chi connectivity index (χ3v) is 5.32. The van der Waals surface area contributed by atoms with Gasteiger partial charge in [-0.25, -0.2) is 18.2 Å². The second-order valence-corrected chi connectivity index (χ2v) is 7.26. The highest BCUT2D eigenvalue weighted by Crippen LogP contribution is 2.45. The van der Waals surface area contributed by atoms with Gasteiger partial charge < -0.3 is 10.1 Å². The van der Waals surface area contributed by atoms with E-state index in [0.29, 0.717) is 0 Å². The average molecular weight is 426 g/mol. The molecule has 0 spiro atoms. The lowest BCUT2D eigenvalue weighted by Gasteiger charge is -2.43. The van der Waals surface area contributed by atoms with Crippen molar-refractivity contribution in [1.82, 2.24) is 20.2 Å². The molecule has 1 N–H and O–H groups in total. The Balaban J connectivity index is 1.56. The maximum absolute atomic E-state index is 14.4. The topological polar surface area (TPSA) is 96.6 Å². The molecule has 0 aliphatic heterocycles. The van der Waals surface area contributed by atoms with Crippen molar-refractivity contribution in [1.29, 1.82) is 5.26 Å². The number of nitrogens with one attached hydrogen (secondary N) is 1. The van der Waals surface area contributed by atoms with Crippen LogP contribution in [0.5, 0.6) is 5.75 Å². The third-order valence-electron chi connectivity index (χ3n) is 5.32. The van der Waals surface area contributed by atoms with Crippen LogP contribution in [0, 0.1) is 23.0 Å². The molecule has 31 heavy (non-hydrogen) atoms. The molecule has 0 unspecified atom stereocenters. The zero-order chi connectivity index (χ0) is 22.0. The van der Waals surface area contributed by atoms with Gasteiger partial charge >= 0.3 is 0 Å². The highest BCUT2D eigenvalue weighted by Gasteiger charge is 2.48. The number of methoxy groups -OCH3 is 1. The molecule has 0 atom stereocenters. The second kappa shape index (κ2) is 8.18. The van der Waals surface area contributed by atoms with Crippen LogP contribution in [0.25, 0.3) is 11.3 Å². The summed E-state index contributed by atoms with van der Waals surface area (Å²) < 4.78 is 47.5. The number of alkyl halides is 1. The summed E-state index contributed by atoms with van der Waals surface area (Å²) in [5.74, 6) is -0.990. The lowest BCUT2D eigenvalue weighted by Crippen LogP contribution is -2.49. The van der Waals surface area contributed by atoms with Crippen molar-refractivity contribution in [3.05, 3.63) is 59.6 Å². The fraction of sp³-hybridized carbons (Fsp3) is 0.286. The molecule has 1 aromatic carbocycles. The SMILES string of the molecule is COc1c(C#N)ccc(F)c1-c1cnc(NC[C@]2(c3ncccc3F)C[C@H](F)C2)nn1. The Morgan fingerprint density at radius 3 is 2.61 bits per heavy atom. The van der Waals surface area contributed by atoms with Gasteiger partial charge in [0.1, 0.15) is 35.3 Å². The second-order valence-electron chi connectivity index (χ2n) is 7.26. The first-order chi connectivity index (χ1) is 15.0. The van der Waals surface area contributed by atoms with E-state index in [1.807, 2.05) is 6.07 Å². The number of ether oxygens (including phenoxy) is 1. The number of rotatable bonds is 6. The van der Waals surface area contributed by atoms with E-state index in [-0.39, 0.29) is 53.6 Å². The molecule has 2 heterocycles. The van der Waals surface area contributed by atoms with E-state index in [2.05, 4.69) is 25.5 Å². The predicted octanol–water partition coefficient (Wildman–Crippen LogP) is 3.57. The van der Waals surface area contributed by atoms with Gasteiger partial charge in [-0.15, -0.1) is 10.2 Å². The standard InChI is InChI=1S/C21H17F3N6O/c1-31-18-12(9-25)4-5-14(23)17(18)16-10-27-20(30-29-16)28-11-21(7-13(22)8-21)19-15(24)3-2-6-26-19/h2-6,10,13H,7-8,11H2,1H3,(H,27,28,30)/t13-,21-. The Labute approximate surface area is 175 Å². The third kappa shape index (κ3) is 3.74. The summed E-state index contributed by atoms with van der Waals surface area (Å²) >= 11 is 0. The van der Waals surface area contributed by atoms with Crippen molar-refractivity contribution in [3.8, 4) is 23.1 Å². The van der Waals surface area contributed by atoms with Gasteiger partial charge in [0.15, 0.2) is 0 Å². The summed E-state index contributed by atoms with van der Waals surface area (Å²) in [6.45, 7) is 0.157. The quantitative estimate of drug-likeness (QED) is 0.644. The van der Waals surface area contributed by atoms with E-state index in [1.54, 1.807) is 0 Å². The van der Waals surface area contributed by atoms with Gasteiger partial charge in [0.05, 0.1) is 30.1 Å². The minimum Gasteiger partial charge on any atom is -0.495 e. The lowest BCUT2D eigenvalue weighted by atomic mass is 9.65. The van der Waals surface area contributed by atoms with Crippen LogP contribution in [0.15, 0.2) is 36.7 Å². The molecular formula is C21H17F3N6O. The van der Waals surface area contributed by atoms with Crippen LogP contribution in [0.1, 0.15) is 24.1 Å². The van der Waals surface area contributed by atoms with Gasteiger partial charge in [0.2, 0.25) is 5.95 Å². The van der Waals surface area contributed by atoms with Gasteiger partial charge in [-0.05, 0) is 37.1 Å². The normalized spacial score (nSPS) is 19.9. The van der Waals surface area contributed by atoms with E-state index >= 15 is 0 Å². The molecule has 3 aromatic rings. The predicted molar refractivity (Wildman–Crippen MR) is 105 cm³/mol. The first-order valence-electron chi connectivity index (χ1n) is 9.43. The molecule has 4 rings (SSSR count). The molecule has 0 amide bonds. The van der Waals surface area contributed by atoms with Crippen molar-refractivity contribution < 1.29 is 17.9 Å². The number of nitrogens with zero attached hydrogens (tertiary/aromatic N) is 5. The average Bonchev–Trinajstić information content (AvgIpc) is 2.76. The highest BCUT2D eigenvalue weighted by atomic mass is 19.1. The largest absolute Gasteiger partial charge is 0.495 e. The Hall–Kier alpha value is -3.74. The molecule has 10 heteroatoms. The number of hydrogen-bond donors (Lipinski definition) is 1. The van der Waals surface area contributed by atoms with Crippen molar-refractivity contribution in [2.45, 2.75) is 24.4 Å². The molecule has 158 valence electrons. The number of benzene rings is 1. The molecular weight excluding hydrogens is 409 g/mol. The van der Waals surface area contributed by atoms with Crippen LogP contribution in [0.2, 0.25) is 0 Å².